The zero-order chi connectivity index (χ0) is 38.6. The minimum absolute atomic E-state index is 0.0737. The van der Waals surface area contributed by atoms with E-state index < -0.39 is 6.10 Å². The van der Waals surface area contributed by atoms with Crippen LogP contribution in [-0.2, 0) is 19.1 Å². The van der Waals surface area contributed by atoms with Crippen LogP contribution in [0.25, 0.3) is 0 Å². The van der Waals surface area contributed by atoms with Gasteiger partial charge in [-0.05, 0) is 77.0 Å². The van der Waals surface area contributed by atoms with Gasteiger partial charge in [-0.25, -0.2) is 0 Å². The fourth-order valence-corrected chi connectivity index (χ4v) is 6.38. The number of allylic oxidation sites excluding steroid dienone is 8. The number of carbonyl (C=O) groups excluding carboxylic acids is 2. The largest absolute Gasteiger partial charge is 0.462 e. The third-order valence-corrected chi connectivity index (χ3v) is 9.85. The molecule has 1 N–H and O–H groups in total. The van der Waals surface area contributed by atoms with Crippen molar-refractivity contribution in [2.75, 3.05) is 13.2 Å². The first-order valence-corrected chi connectivity index (χ1v) is 22.7. The van der Waals surface area contributed by atoms with E-state index in [-0.39, 0.29) is 25.2 Å². The Morgan fingerprint density at radius 2 is 0.755 bits per heavy atom. The number of esters is 2. The lowest BCUT2D eigenvalue weighted by Gasteiger charge is -2.15. The van der Waals surface area contributed by atoms with E-state index in [4.69, 9.17) is 9.47 Å². The van der Waals surface area contributed by atoms with Crippen LogP contribution in [0, 0.1) is 0 Å². The highest BCUT2D eigenvalue weighted by Crippen LogP contribution is 2.14. The summed E-state index contributed by atoms with van der Waals surface area (Å²) in [4.78, 5) is 24.3. The Kier molecular flexibility index (Phi) is 42.5. The first-order chi connectivity index (χ1) is 26.1. The second kappa shape index (κ2) is 44.3. The van der Waals surface area contributed by atoms with Crippen molar-refractivity contribution in [1.82, 2.24) is 0 Å². The normalized spacial score (nSPS) is 12.6. The molecule has 1 atom stereocenters. The molecule has 0 heterocycles. The molecule has 5 nitrogen and oxygen atoms in total. The van der Waals surface area contributed by atoms with Gasteiger partial charge >= 0.3 is 11.9 Å². The molecule has 0 saturated heterocycles. The van der Waals surface area contributed by atoms with E-state index in [1.54, 1.807) is 0 Å². The molecule has 0 aliphatic rings. The topological polar surface area (TPSA) is 72.8 Å². The van der Waals surface area contributed by atoms with E-state index in [9.17, 15) is 14.7 Å². The number of hydrogen-bond acceptors (Lipinski definition) is 5. The molecule has 0 fully saturated rings. The molecule has 0 radical (unpaired) electrons. The lowest BCUT2D eigenvalue weighted by Crippen LogP contribution is -2.28. The molecule has 0 amide bonds. The summed E-state index contributed by atoms with van der Waals surface area (Å²) < 4.78 is 10.6. The number of ether oxygens (including phenoxy) is 2. The van der Waals surface area contributed by atoms with Crippen LogP contribution in [0.4, 0.5) is 0 Å². The van der Waals surface area contributed by atoms with Gasteiger partial charge in [0.2, 0.25) is 0 Å². The summed E-state index contributed by atoms with van der Waals surface area (Å²) in [7, 11) is 0. The van der Waals surface area contributed by atoms with Crippen molar-refractivity contribution in [3.05, 3.63) is 48.6 Å². The van der Waals surface area contributed by atoms with Crippen LogP contribution in [0.3, 0.4) is 0 Å². The van der Waals surface area contributed by atoms with Gasteiger partial charge in [-0.3, -0.25) is 9.59 Å². The van der Waals surface area contributed by atoms with Crippen molar-refractivity contribution in [3.63, 3.8) is 0 Å². The van der Waals surface area contributed by atoms with Gasteiger partial charge in [0.1, 0.15) is 6.61 Å². The van der Waals surface area contributed by atoms with Crippen LogP contribution < -0.4 is 0 Å². The van der Waals surface area contributed by atoms with Crippen molar-refractivity contribution >= 4 is 11.9 Å². The molecule has 1 unspecified atom stereocenters. The van der Waals surface area contributed by atoms with E-state index in [0.717, 1.165) is 57.8 Å². The number of hydrogen-bond donors (Lipinski definition) is 1. The average Bonchev–Trinajstić information content (AvgIpc) is 3.16. The zero-order valence-corrected chi connectivity index (χ0v) is 35.0. The molecule has 0 aliphatic carbocycles. The monoisotopic (exact) mass is 743 g/mol. The van der Waals surface area contributed by atoms with E-state index >= 15 is 0 Å². The minimum Gasteiger partial charge on any atom is -0.462 e. The molecule has 0 bridgehead atoms. The predicted octanol–water partition coefficient (Wildman–Crippen LogP) is 14.6. The maximum Gasteiger partial charge on any atom is 0.306 e. The summed E-state index contributed by atoms with van der Waals surface area (Å²) in [6, 6.07) is 0. The lowest BCUT2D eigenvalue weighted by molar-refractivity contribution is -0.161. The molecule has 0 aromatic carbocycles. The number of rotatable bonds is 41. The Hall–Kier alpha value is -2.14. The molecular formula is C48H86O5. The van der Waals surface area contributed by atoms with Crippen molar-refractivity contribution in [1.29, 1.82) is 0 Å². The van der Waals surface area contributed by atoms with Crippen LogP contribution in [-0.4, -0.2) is 36.4 Å². The number of carbonyl (C=O) groups is 2. The quantitative estimate of drug-likeness (QED) is 0.0384. The van der Waals surface area contributed by atoms with E-state index in [1.165, 1.54) is 141 Å². The second-order valence-corrected chi connectivity index (χ2v) is 15.1. The molecule has 0 aromatic rings. The molecule has 0 aliphatic heterocycles. The highest BCUT2D eigenvalue weighted by atomic mass is 16.6. The van der Waals surface area contributed by atoms with Crippen molar-refractivity contribution in [2.45, 2.75) is 232 Å². The van der Waals surface area contributed by atoms with E-state index in [2.05, 4.69) is 62.5 Å². The summed E-state index contributed by atoms with van der Waals surface area (Å²) in [6.07, 6.45) is 56.1. The first-order valence-electron chi connectivity index (χ1n) is 22.7. The van der Waals surface area contributed by atoms with Gasteiger partial charge in [0.25, 0.3) is 0 Å². The second-order valence-electron chi connectivity index (χ2n) is 15.1. The molecule has 0 saturated carbocycles. The number of aliphatic hydroxyl groups is 1. The Balaban J connectivity index is 3.54. The van der Waals surface area contributed by atoms with E-state index in [0.29, 0.717) is 12.8 Å². The smallest absolute Gasteiger partial charge is 0.306 e. The summed E-state index contributed by atoms with van der Waals surface area (Å²) >= 11 is 0. The van der Waals surface area contributed by atoms with Crippen LogP contribution in [0.5, 0.6) is 0 Å². The summed E-state index contributed by atoms with van der Waals surface area (Å²) in [6.45, 7) is 4.11. The number of aliphatic hydroxyl groups excluding tert-OH is 1. The zero-order valence-electron chi connectivity index (χ0n) is 35.0. The highest BCUT2D eigenvalue weighted by Gasteiger charge is 2.16. The fourth-order valence-electron chi connectivity index (χ4n) is 6.38. The molecule has 53 heavy (non-hydrogen) atoms. The Labute approximate surface area is 328 Å². The standard InChI is InChI=1S/C48H86O5/c1-3-5-7-9-11-13-15-17-19-21-22-23-24-25-26-27-29-31-33-35-37-39-41-43-48(51)53-46(44-49)45-52-47(50)42-40-38-36-34-32-30-28-20-18-16-14-12-10-8-6-4-2/h14-17,20-22,28,46,49H,3-13,18-19,23-27,29-45H2,1-2H3/b16-14-,17-15-,22-21-,28-20-. The first kappa shape index (κ1) is 50.9. The van der Waals surface area contributed by atoms with Gasteiger partial charge in [0, 0.05) is 12.8 Å². The third-order valence-electron chi connectivity index (χ3n) is 9.85. The van der Waals surface area contributed by atoms with Gasteiger partial charge < -0.3 is 14.6 Å². The molecule has 308 valence electrons. The highest BCUT2D eigenvalue weighted by molar-refractivity contribution is 5.70. The van der Waals surface area contributed by atoms with Gasteiger partial charge in [0.15, 0.2) is 6.10 Å². The molecular weight excluding hydrogens is 657 g/mol. The molecule has 0 spiro atoms. The third kappa shape index (κ3) is 42.5. The lowest BCUT2D eigenvalue weighted by atomic mass is 10.0. The maximum absolute atomic E-state index is 12.2. The summed E-state index contributed by atoms with van der Waals surface area (Å²) in [5.41, 5.74) is 0. The van der Waals surface area contributed by atoms with Crippen LogP contribution in [0.1, 0.15) is 226 Å². The number of unbranched alkanes of at least 4 members (excludes halogenated alkanes) is 25. The summed E-state index contributed by atoms with van der Waals surface area (Å²) in [5.74, 6) is -0.605. The maximum atomic E-state index is 12.2. The Morgan fingerprint density at radius 3 is 1.13 bits per heavy atom. The fraction of sp³-hybridized carbons (Fsp3) is 0.792. The summed E-state index contributed by atoms with van der Waals surface area (Å²) in [5, 5.41) is 9.59. The van der Waals surface area contributed by atoms with Crippen LogP contribution in [0.2, 0.25) is 0 Å². The van der Waals surface area contributed by atoms with Crippen LogP contribution >= 0.6 is 0 Å². The molecule has 0 rings (SSSR count). The van der Waals surface area contributed by atoms with Crippen molar-refractivity contribution in [3.8, 4) is 0 Å². The van der Waals surface area contributed by atoms with Crippen LogP contribution in [0.15, 0.2) is 48.6 Å². The van der Waals surface area contributed by atoms with E-state index in [1.807, 2.05) is 0 Å². The van der Waals surface area contributed by atoms with Gasteiger partial charge in [-0.15, -0.1) is 0 Å². The predicted molar refractivity (Wildman–Crippen MR) is 228 cm³/mol. The molecule has 0 aromatic heterocycles. The van der Waals surface area contributed by atoms with Gasteiger partial charge in [-0.1, -0.05) is 184 Å². The van der Waals surface area contributed by atoms with Crippen molar-refractivity contribution < 1.29 is 24.2 Å². The van der Waals surface area contributed by atoms with Crippen molar-refractivity contribution in [2.24, 2.45) is 0 Å². The minimum atomic E-state index is -0.779. The van der Waals surface area contributed by atoms with Gasteiger partial charge in [-0.2, -0.15) is 0 Å². The van der Waals surface area contributed by atoms with Gasteiger partial charge in [0.05, 0.1) is 6.61 Å². The Morgan fingerprint density at radius 1 is 0.434 bits per heavy atom. The SMILES string of the molecule is CCCCCC/C=C\C/C=C\CCCCCCCC(=O)OCC(CO)OC(=O)CCCCCCCCCCCCC/C=C\C/C=C\CCCCCCC. The molecule has 5 heteroatoms. The average molecular weight is 743 g/mol. The Bertz CT molecular complexity index is 888.